The molecule has 1 heterocycles. The zero-order valence-corrected chi connectivity index (χ0v) is 21.5. The van der Waals surface area contributed by atoms with Gasteiger partial charge in [0.05, 0.1) is 17.8 Å². The molecule has 6 nitrogen and oxygen atoms in total. The number of hydrogen-bond acceptors (Lipinski definition) is 5. The number of hydrogen-bond donors (Lipinski definition) is 3. The molecular formula is C30H30N4O2S. The van der Waals surface area contributed by atoms with Crippen molar-refractivity contribution in [2.45, 2.75) is 30.8 Å². The van der Waals surface area contributed by atoms with E-state index < -0.39 is 11.4 Å². The molecule has 0 spiro atoms. The standard InChI is InChI=1S/C30H30N4O2S/c1-21(22-9-4-2-5-10-22)33-30(36)29(25-13-8-18-32-20-25)34(28(35)19-27(31)37)26-16-14-24(15-17-26)23-11-6-3-7-12-23/h2-18,20-21,27,29,37H,19,31H2,1H3,(H,33,36)/t21-,27-,29+/m0/s1. The van der Waals surface area contributed by atoms with Crippen molar-refractivity contribution in [1.29, 1.82) is 0 Å². The van der Waals surface area contributed by atoms with E-state index in [1.807, 2.05) is 91.9 Å². The Kier molecular flexibility index (Phi) is 8.72. The van der Waals surface area contributed by atoms with Crippen molar-refractivity contribution >= 4 is 30.1 Å². The van der Waals surface area contributed by atoms with Crippen LogP contribution >= 0.6 is 12.6 Å². The molecular weight excluding hydrogens is 480 g/mol. The highest BCUT2D eigenvalue weighted by Gasteiger charge is 2.34. The first-order valence-electron chi connectivity index (χ1n) is 12.1. The third kappa shape index (κ3) is 6.64. The largest absolute Gasteiger partial charge is 0.347 e. The van der Waals surface area contributed by atoms with E-state index >= 15 is 0 Å². The molecule has 1 aromatic heterocycles. The van der Waals surface area contributed by atoms with Crippen LogP contribution in [0.5, 0.6) is 0 Å². The number of anilines is 1. The fourth-order valence-electron chi connectivity index (χ4n) is 4.23. The molecule has 3 atom stereocenters. The topological polar surface area (TPSA) is 88.3 Å². The minimum absolute atomic E-state index is 0.0399. The monoisotopic (exact) mass is 510 g/mol. The molecule has 0 unspecified atom stereocenters. The number of carbonyl (C=O) groups is 2. The van der Waals surface area contributed by atoms with Gasteiger partial charge in [-0.2, -0.15) is 12.6 Å². The number of aromatic nitrogens is 1. The van der Waals surface area contributed by atoms with Crippen LogP contribution in [-0.2, 0) is 9.59 Å². The number of benzene rings is 3. The predicted molar refractivity (Wildman–Crippen MR) is 151 cm³/mol. The minimum atomic E-state index is -0.956. The number of thiol groups is 1. The molecule has 37 heavy (non-hydrogen) atoms. The summed E-state index contributed by atoms with van der Waals surface area (Å²) in [7, 11) is 0. The summed E-state index contributed by atoms with van der Waals surface area (Å²) in [5.41, 5.74) is 10.1. The van der Waals surface area contributed by atoms with Gasteiger partial charge in [-0.1, -0.05) is 78.9 Å². The Hall–Kier alpha value is -3.94. The zero-order chi connectivity index (χ0) is 26.2. The summed E-state index contributed by atoms with van der Waals surface area (Å²) in [6.07, 6.45) is 3.20. The van der Waals surface area contributed by atoms with Crippen molar-refractivity contribution in [2.24, 2.45) is 5.73 Å². The van der Waals surface area contributed by atoms with Gasteiger partial charge in [0.1, 0.15) is 6.04 Å². The van der Waals surface area contributed by atoms with Gasteiger partial charge in [-0.15, -0.1) is 0 Å². The Balaban J connectivity index is 1.74. The maximum Gasteiger partial charge on any atom is 0.248 e. The van der Waals surface area contributed by atoms with Gasteiger partial charge in [-0.25, -0.2) is 0 Å². The maximum absolute atomic E-state index is 13.8. The first kappa shape index (κ1) is 26.1. The molecule has 188 valence electrons. The fraction of sp³-hybridized carbons (Fsp3) is 0.167. The summed E-state index contributed by atoms with van der Waals surface area (Å²) < 4.78 is 0. The van der Waals surface area contributed by atoms with E-state index in [2.05, 4.69) is 22.9 Å². The Labute approximate surface area is 223 Å². The lowest BCUT2D eigenvalue weighted by molar-refractivity contribution is -0.127. The highest BCUT2D eigenvalue weighted by atomic mass is 32.1. The quantitative estimate of drug-likeness (QED) is 0.210. The molecule has 3 aromatic carbocycles. The molecule has 0 bridgehead atoms. The highest BCUT2D eigenvalue weighted by molar-refractivity contribution is 7.80. The summed E-state index contributed by atoms with van der Waals surface area (Å²) in [4.78, 5) is 33.1. The Morgan fingerprint density at radius 3 is 2.05 bits per heavy atom. The van der Waals surface area contributed by atoms with Gasteiger partial charge in [0.15, 0.2) is 0 Å². The number of carbonyl (C=O) groups excluding carboxylic acids is 2. The number of rotatable bonds is 9. The molecule has 4 rings (SSSR count). The average molecular weight is 511 g/mol. The van der Waals surface area contributed by atoms with Gasteiger partial charge >= 0.3 is 0 Å². The van der Waals surface area contributed by atoms with Crippen LogP contribution in [0.1, 0.15) is 36.6 Å². The van der Waals surface area contributed by atoms with Crippen molar-refractivity contribution in [1.82, 2.24) is 10.3 Å². The summed E-state index contributed by atoms with van der Waals surface area (Å²) >= 11 is 4.24. The van der Waals surface area contributed by atoms with Crippen molar-refractivity contribution in [2.75, 3.05) is 4.90 Å². The third-order valence-corrected chi connectivity index (χ3v) is 6.25. The second-order valence-corrected chi connectivity index (χ2v) is 9.44. The number of amides is 2. The van der Waals surface area contributed by atoms with E-state index in [4.69, 9.17) is 5.73 Å². The molecule has 0 aliphatic rings. The lowest BCUT2D eigenvalue weighted by Crippen LogP contribution is -2.45. The molecule has 0 saturated carbocycles. The highest BCUT2D eigenvalue weighted by Crippen LogP contribution is 2.31. The van der Waals surface area contributed by atoms with E-state index in [9.17, 15) is 9.59 Å². The van der Waals surface area contributed by atoms with Crippen LogP contribution in [0.25, 0.3) is 11.1 Å². The number of nitrogens with two attached hydrogens (primary N) is 1. The average Bonchev–Trinajstić information content (AvgIpc) is 2.92. The molecule has 4 aromatic rings. The molecule has 0 radical (unpaired) electrons. The smallest absolute Gasteiger partial charge is 0.248 e. The van der Waals surface area contributed by atoms with Gasteiger partial charge in [0.2, 0.25) is 11.8 Å². The van der Waals surface area contributed by atoms with E-state index in [1.54, 1.807) is 24.5 Å². The van der Waals surface area contributed by atoms with E-state index in [0.717, 1.165) is 16.7 Å². The zero-order valence-electron chi connectivity index (χ0n) is 20.6. The lowest BCUT2D eigenvalue weighted by atomic mass is 10.0. The second-order valence-electron chi connectivity index (χ2n) is 8.78. The second kappa shape index (κ2) is 12.3. The summed E-state index contributed by atoms with van der Waals surface area (Å²) in [5, 5.41) is 2.41. The molecule has 3 N–H and O–H groups in total. The van der Waals surface area contributed by atoms with E-state index in [-0.39, 0.29) is 24.3 Å². The number of nitrogens with one attached hydrogen (secondary N) is 1. The molecule has 7 heteroatoms. The SMILES string of the molecule is C[C@H](NC(=O)[C@@H](c1cccnc1)N(C(=O)C[C@@H](N)S)c1ccc(-c2ccccc2)cc1)c1ccccc1. The summed E-state index contributed by atoms with van der Waals surface area (Å²) in [6.45, 7) is 1.91. The summed E-state index contributed by atoms with van der Waals surface area (Å²) in [6, 6.07) is 29.6. The van der Waals surface area contributed by atoms with Crippen LogP contribution in [0.2, 0.25) is 0 Å². The Bertz CT molecular complexity index is 1300. The van der Waals surface area contributed by atoms with E-state index in [0.29, 0.717) is 11.3 Å². The molecule has 0 fully saturated rings. The predicted octanol–water partition coefficient (Wildman–Crippen LogP) is 5.31. The van der Waals surface area contributed by atoms with Gasteiger partial charge < -0.3 is 11.1 Å². The normalized spacial score (nSPS) is 13.3. The van der Waals surface area contributed by atoms with Crippen LogP contribution in [-0.4, -0.2) is 22.2 Å². The molecule has 0 saturated heterocycles. The van der Waals surface area contributed by atoms with Crippen LogP contribution in [0.4, 0.5) is 5.69 Å². The van der Waals surface area contributed by atoms with Crippen LogP contribution in [0.3, 0.4) is 0 Å². The first-order chi connectivity index (χ1) is 17.9. The van der Waals surface area contributed by atoms with E-state index in [1.165, 1.54) is 4.90 Å². The Morgan fingerprint density at radius 1 is 0.865 bits per heavy atom. The van der Waals surface area contributed by atoms with Crippen LogP contribution in [0.15, 0.2) is 109 Å². The fourth-order valence-corrected chi connectivity index (χ4v) is 4.39. The van der Waals surface area contributed by atoms with Crippen molar-refractivity contribution in [3.8, 4) is 11.1 Å². The number of pyridine rings is 1. The van der Waals surface area contributed by atoms with Crippen LogP contribution in [0, 0.1) is 0 Å². The lowest BCUT2D eigenvalue weighted by Gasteiger charge is -2.32. The van der Waals surface area contributed by atoms with Gasteiger partial charge in [0.25, 0.3) is 0 Å². The minimum Gasteiger partial charge on any atom is -0.347 e. The molecule has 0 aliphatic carbocycles. The molecule has 0 aliphatic heterocycles. The first-order valence-corrected chi connectivity index (χ1v) is 12.6. The maximum atomic E-state index is 13.8. The van der Waals surface area contributed by atoms with Crippen molar-refractivity contribution in [3.05, 3.63) is 121 Å². The Morgan fingerprint density at radius 2 is 1.46 bits per heavy atom. The van der Waals surface area contributed by atoms with Crippen molar-refractivity contribution in [3.63, 3.8) is 0 Å². The van der Waals surface area contributed by atoms with Gasteiger partial charge in [-0.3, -0.25) is 19.5 Å². The number of nitrogens with zero attached hydrogens (tertiary/aromatic N) is 2. The van der Waals surface area contributed by atoms with Gasteiger partial charge in [0, 0.05) is 23.6 Å². The summed E-state index contributed by atoms with van der Waals surface area (Å²) in [5.74, 6) is -0.635. The molecule has 2 amide bonds. The van der Waals surface area contributed by atoms with Crippen LogP contribution < -0.4 is 16.0 Å². The third-order valence-electron chi connectivity index (χ3n) is 6.07. The van der Waals surface area contributed by atoms with Gasteiger partial charge in [-0.05, 0) is 41.8 Å². The van der Waals surface area contributed by atoms with Crippen molar-refractivity contribution < 1.29 is 9.59 Å².